The Morgan fingerprint density at radius 3 is 2.89 bits per heavy atom. The summed E-state index contributed by atoms with van der Waals surface area (Å²) in [6.07, 6.45) is 5.04. The van der Waals surface area contributed by atoms with Gasteiger partial charge in [0.2, 0.25) is 5.91 Å². The van der Waals surface area contributed by atoms with E-state index in [-0.39, 0.29) is 5.91 Å². The fourth-order valence-corrected chi connectivity index (χ4v) is 2.20. The Morgan fingerprint density at radius 2 is 2.22 bits per heavy atom. The highest BCUT2D eigenvalue weighted by Crippen LogP contribution is 2.09. The number of carbonyl (C=O) groups excluding carboxylic acids is 1. The van der Waals surface area contributed by atoms with Crippen LogP contribution in [0.15, 0.2) is 22.8 Å². The number of rotatable bonds is 5. The second-order valence-electron chi connectivity index (χ2n) is 4.70. The average Bonchev–Trinajstić information content (AvgIpc) is 2.92. The van der Waals surface area contributed by atoms with Gasteiger partial charge in [-0.1, -0.05) is 0 Å². The van der Waals surface area contributed by atoms with Gasteiger partial charge in [-0.15, -0.1) is 0 Å². The lowest BCUT2D eigenvalue weighted by Crippen LogP contribution is -2.50. The fraction of sp³-hybridized carbons (Fsp3) is 0.615. The number of nitrogens with two attached hydrogens (primary N) is 1. The molecule has 3 N–H and O–H groups in total. The standard InChI is InChI=1S/C13H21N3O2/c14-12(10-15-9-11-5-4-8-18-11)13(17)16-6-2-1-3-7-16/h4-5,8,12,15H,1-3,6-7,9-10,14H2. The molecule has 2 heterocycles. The van der Waals surface area contributed by atoms with Gasteiger partial charge in [0.1, 0.15) is 5.76 Å². The van der Waals surface area contributed by atoms with E-state index in [1.165, 1.54) is 6.42 Å². The highest BCUT2D eigenvalue weighted by molar-refractivity contribution is 5.82. The molecule has 0 spiro atoms. The van der Waals surface area contributed by atoms with Crippen LogP contribution >= 0.6 is 0 Å². The Kier molecular flexibility index (Phi) is 4.78. The van der Waals surface area contributed by atoms with Gasteiger partial charge < -0.3 is 20.4 Å². The van der Waals surface area contributed by atoms with Crippen molar-refractivity contribution in [3.8, 4) is 0 Å². The van der Waals surface area contributed by atoms with E-state index in [0.717, 1.165) is 31.7 Å². The Hall–Kier alpha value is -1.33. The van der Waals surface area contributed by atoms with Crippen LogP contribution in [0.25, 0.3) is 0 Å². The highest BCUT2D eigenvalue weighted by atomic mass is 16.3. The van der Waals surface area contributed by atoms with Gasteiger partial charge in [-0.3, -0.25) is 4.79 Å². The minimum atomic E-state index is -0.460. The molecule has 1 atom stereocenters. The lowest BCUT2D eigenvalue weighted by atomic mass is 10.1. The summed E-state index contributed by atoms with van der Waals surface area (Å²) < 4.78 is 5.19. The molecular weight excluding hydrogens is 230 g/mol. The van der Waals surface area contributed by atoms with Gasteiger partial charge in [-0.05, 0) is 31.4 Å². The molecule has 5 nitrogen and oxygen atoms in total. The van der Waals surface area contributed by atoms with Crippen molar-refractivity contribution in [3.05, 3.63) is 24.2 Å². The summed E-state index contributed by atoms with van der Waals surface area (Å²) in [4.78, 5) is 13.9. The molecule has 1 fully saturated rings. The maximum atomic E-state index is 12.0. The minimum absolute atomic E-state index is 0.0571. The van der Waals surface area contributed by atoms with E-state index < -0.39 is 6.04 Å². The zero-order valence-electron chi connectivity index (χ0n) is 10.6. The van der Waals surface area contributed by atoms with Gasteiger partial charge >= 0.3 is 0 Å². The first-order valence-corrected chi connectivity index (χ1v) is 6.55. The van der Waals surface area contributed by atoms with Gasteiger partial charge in [0, 0.05) is 19.6 Å². The lowest BCUT2D eigenvalue weighted by molar-refractivity contribution is -0.133. The van der Waals surface area contributed by atoms with Crippen molar-refractivity contribution in [1.82, 2.24) is 10.2 Å². The second-order valence-corrected chi connectivity index (χ2v) is 4.70. The van der Waals surface area contributed by atoms with Crippen LogP contribution in [-0.4, -0.2) is 36.5 Å². The van der Waals surface area contributed by atoms with Crippen molar-refractivity contribution in [2.24, 2.45) is 5.73 Å². The number of amides is 1. The molecule has 1 aromatic heterocycles. The van der Waals surface area contributed by atoms with E-state index in [0.29, 0.717) is 13.1 Å². The topological polar surface area (TPSA) is 71.5 Å². The summed E-state index contributed by atoms with van der Waals surface area (Å²) in [5.74, 6) is 0.911. The fourth-order valence-electron chi connectivity index (χ4n) is 2.20. The van der Waals surface area contributed by atoms with Crippen molar-refractivity contribution in [2.45, 2.75) is 31.8 Å². The number of likely N-dealkylation sites (tertiary alicyclic amines) is 1. The third-order valence-corrected chi connectivity index (χ3v) is 3.23. The molecule has 1 aliphatic rings. The van der Waals surface area contributed by atoms with Gasteiger partial charge in [-0.2, -0.15) is 0 Å². The SMILES string of the molecule is NC(CNCc1ccco1)C(=O)N1CCCCC1. The monoisotopic (exact) mass is 251 g/mol. The molecule has 1 unspecified atom stereocenters. The first kappa shape index (κ1) is 13.1. The molecule has 0 aromatic carbocycles. The van der Waals surface area contributed by atoms with Crippen LogP contribution in [0.4, 0.5) is 0 Å². The summed E-state index contributed by atoms with van der Waals surface area (Å²) in [6, 6.07) is 3.28. The first-order chi connectivity index (χ1) is 8.77. The molecule has 1 aromatic rings. The first-order valence-electron chi connectivity index (χ1n) is 6.55. The number of hydrogen-bond donors (Lipinski definition) is 2. The zero-order valence-corrected chi connectivity index (χ0v) is 10.6. The molecule has 1 aliphatic heterocycles. The molecule has 0 bridgehead atoms. The zero-order chi connectivity index (χ0) is 12.8. The van der Waals surface area contributed by atoms with E-state index in [1.54, 1.807) is 6.26 Å². The minimum Gasteiger partial charge on any atom is -0.468 e. The Bertz CT molecular complexity index is 358. The molecule has 5 heteroatoms. The van der Waals surface area contributed by atoms with Crippen LogP contribution < -0.4 is 11.1 Å². The van der Waals surface area contributed by atoms with Crippen molar-refractivity contribution < 1.29 is 9.21 Å². The molecule has 0 saturated carbocycles. The van der Waals surface area contributed by atoms with Crippen molar-refractivity contribution in [1.29, 1.82) is 0 Å². The lowest BCUT2D eigenvalue weighted by Gasteiger charge is -2.29. The number of furan rings is 1. The third-order valence-electron chi connectivity index (χ3n) is 3.23. The number of piperidine rings is 1. The summed E-state index contributed by atoms with van der Waals surface area (Å²) in [7, 11) is 0. The van der Waals surface area contributed by atoms with Gasteiger partial charge in [0.25, 0.3) is 0 Å². The molecule has 0 aliphatic carbocycles. The van der Waals surface area contributed by atoms with Crippen molar-refractivity contribution in [2.75, 3.05) is 19.6 Å². The maximum absolute atomic E-state index is 12.0. The van der Waals surface area contributed by atoms with Crippen molar-refractivity contribution in [3.63, 3.8) is 0 Å². The van der Waals surface area contributed by atoms with E-state index in [4.69, 9.17) is 10.2 Å². The molecule has 0 radical (unpaired) electrons. The Labute approximate surface area is 107 Å². The highest BCUT2D eigenvalue weighted by Gasteiger charge is 2.22. The van der Waals surface area contributed by atoms with E-state index in [1.807, 2.05) is 17.0 Å². The smallest absolute Gasteiger partial charge is 0.240 e. The Morgan fingerprint density at radius 1 is 1.44 bits per heavy atom. The van der Waals surface area contributed by atoms with Gasteiger partial charge in [0.15, 0.2) is 0 Å². The van der Waals surface area contributed by atoms with Crippen LogP contribution in [0.2, 0.25) is 0 Å². The van der Waals surface area contributed by atoms with Crippen LogP contribution in [0.1, 0.15) is 25.0 Å². The van der Waals surface area contributed by atoms with Crippen LogP contribution in [0.5, 0.6) is 0 Å². The maximum Gasteiger partial charge on any atom is 0.240 e. The predicted molar refractivity (Wildman–Crippen MR) is 68.8 cm³/mol. The third kappa shape index (κ3) is 3.58. The normalized spacial score (nSPS) is 17.7. The molecule has 1 amide bonds. The summed E-state index contributed by atoms with van der Waals surface area (Å²) >= 11 is 0. The van der Waals surface area contributed by atoms with Crippen molar-refractivity contribution >= 4 is 5.91 Å². The van der Waals surface area contributed by atoms with E-state index >= 15 is 0 Å². The van der Waals surface area contributed by atoms with E-state index in [9.17, 15) is 4.79 Å². The van der Waals surface area contributed by atoms with E-state index in [2.05, 4.69) is 5.32 Å². The van der Waals surface area contributed by atoms with Gasteiger partial charge in [0.05, 0.1) is 18.8 Å². The quantitative estimate of drug-likeness (QED) is 0.808. The summed E-state index contributed by atoms with van der Waals surface area (Å²) in [5.41, 5.74) is 5.90. The molecule has 2 rings (SSSR count). The molecule has 1 saturated heterocycles. The second kappa shape index (κ2) is 6.56. The van der Waals surface area contributed by atoms with Gasteiger partial charge in [-0.25, -0.2) is 0 Å². The molecular formula is C13H21N3O2. The molecule has 18 heavy (non-hydrogen) atoms. The van der Waals surface area contributed by atoms with Crippen LogP contribution in [-0.2, 0) is 11.3 Å². The van der Waals surface area contributed by atoms with Crippen LogP contribution in [0, 0.1) is 0 Å². The average molecular weight is 251 g/mol. The number of nitrogens with zero attached hydrogens (tertiary/aromatic N) is 1. The summed E-state index contributed by atoms with van der Waals surface area (Å²) in [6.45, 7) is 2.79. The number of hydrogen-bond acceptors (Lipinski definition) is 4. The molecule has 100 valence electrons. The summed E-state index contributed by atoms with van der Waals surface area (Å²) in [5, 5.41) is 3.14. The van der Waals surface area contributed by atoms with Crippen LogP contribution in [0.3, 0.4) is 0 Å². The largest absolute Gasteiger partial charge is 0.468 e. The number of nitrogens with one attached hydrogen (secondary N) is 1. The number of carbonyl (C=O) groups is 1. The Balaban J connectivity index is 1.70. The predicted octanol–water partition coefficient (Wildman–Crippen LogP) is 0.709.